The van der Waals surface area contributed by atoms with E-state index < -0.39 is 0 Å². The fourth-order valence-electron chi connectivity index (χ4n) is 2.29. The van der Waals surface area contributed by atoms with Crippen molar-refractivity contribution in [2.75, 3.05) is 6.26 Å². The van der Waals surface area contributed by atoms with Crippen LogP contribution in [0.4, 0.5) is 0 Å². The van der Waals surface area contributed by atoms with Gasteiger partial charge < -0.3 is 0 Å². The summed E-state index contributed by atoms with van der Waals surface area (Å²) in [5.74, 6) is 0. The monoisotopic (exact) mass is 271 g/mol. The van der Waals surface area contributed by atoms with E-state index in [1.807, 2.05) is 37.4 Å². The summed E-state index contributed by atoms with van der Waals surface area (Å²) >= 11 is 1.46. The quantitative estimate of drug-likeness (QED) is 0.387. The second-order valence-electron chi connectivity index (χ2n) is 4.40. The molecule has 1 aromatic carbocycles. The molecule has 0 atom stereocenters. The highest BCUT2D eigenvalue weighted by molar-refractivity contribution is 7.98. The van der Waals surface area contributed by atoms with Crippen molar-refractivity contribution < 1.29 is 0 Å². The third-order valence-electron chi connectivity index (χ3n) is 3.24. The molecule has 0 aliphatic heterocycles. The number of hydrogen-bond donors (Lipinski definition) is 0. The molecular weight excluding hydrogens is 258 g/mol. The van der Waals surface area contributed by atoms with Crippen LogP contribution in [0.2, 0.25) is 0 Å². The standard InChI is InChI=1S/C14H13N3OS/c1-8-12-11(9-6-4-5-7-10(9)15-8)13(18)17(2)14(16-12)19-3/h4-7H,1-3H3. The summed E-state index contributed by atoms with van der Waals surface area (Å²) in [6.45, 7) is 1.89. The summed E-state index contributed by atoms with van der Waals surface area (Å²) in [5.41, 5.74) is 2.31. The lowest BCUT2D eigenvalue weighted by molar-refractivity contribution is 0.727. The molecule has 0 unspecified atom stereocenters. The van der Waals surface area contributed by atoms with Crippen molar-refractivity contribution in [1.29, 1.82) is 0 Å². The maximum atomic E-state index is 12.6. The van der Waals surface area contributed by atoms with Gasteiger partial charge in [-0.2, -0.15) is 0 Å². The Kier molecular flexibility index (Phi) is 2.78. The number of rotatable bonds is 1. The Labute approximate surface area is 114 Å². The zero-order chi connectivity index (χ0) is 13.6. The van der Waals surface area contributed by atoms with Gasteiger partial charge in [-0.3, -0.25) is 14.3 Å². The molecule has 3 rings (SSSR count). The molecule has 96 valence electrons. The van der Waals surface area contributed by atoms with Crippen LogP contribution in [0, 0.1) is 6.92 Å². The number of aromatic nitrogens is 3. The van der Waals surface area contributed by atoms with E-state index in [1.165, 1.54) is 11.8 Å². The van der Waals surface area contributed by atoms with Crippen molar-refractivity contribution in [1.82, 2.24) is 14.5 Å². The SMILES string of the molecule is CSc1nc2c(C)nc3ccccc3c2c(=O)n1C. The number of para-hydroxylation sites is 1. The van der Waals surface area contributed by atoms with Crippen LogP contribution in [0.1, 0.15) is 5.69 Å². The van der Waals surface area contributed by atoms with Gasteiger partial charge >= 0.3 is 0 Å². The molecule has 0 saturated carbocycles. The third-order valence-corrected chi connectivity index (χ3v) is 3.97. The van der Waals surface area contributed by atoms with Crippen LogP contribution in [0.5, 0.6) is 0 Å². The van der Waals surface area contributed by atoms with Crippen molar-refractivity contribution in [3.8, 4) is 0 Å². The summed E-state index contributed by atoms with van der Waals surface area (Å²) in [6.07, 6.45) is 1.91. The summed E-state index contributed by atoms with van der Waals surface area (Å²) in [7, 11) is 1.76. The van der Waals surface area contributed by atoms with Crippen LogP contribution in [-0.2, 0) is 7.05 Å². The van der Waals surface area contributed by atoms with E-state index in [0.717, 1.165) is 16.6 Å². The zero-order valence-corrected chi connectivity index (χ0v) is 11.8. The molecule has 0 bridgehead atoms. The first kappa shape index (κ1) is 12.2. The van der Waals surface area contributed by atoms with Gasteiger partial charge in [0.2, 0.25) is 0 Å². The zero-order valence-electron chi connectivity index (χ0n) is 11.0. The fraction of sp³-hybridized carbons (Fsp3) is 0.214. The van der Waals surface area contributed by atoms with Gasteiger partial charge in [-0.05, 0) is 19.2 Å². The molecular formula is C14H13N3OS. The Hall–Kier alpha value is -1.88. The Morgan fingerprint density at radius 3 is 2.68 bits per heavy atom. The number of hydrogen-bond acceptors (Lipinski definition) is 4. The maximum absolute atomic E-state index is 12.6. The molecule has 0 fully saturated rings. The molecule has 4 nitrogen and oxygen atoms in total. The van der Waals surface area contributed by atoms with Gasteiger partial charge in [0.15, 0.2) is 5.16 Å². The number of benzene rings is 1. The van der Waals surface area contributed by atoms with Crippen LogP contribution in [0.3, 0.4) is 0 Å². The lowest BCUT2D eigenvalue weighted by Crippen LogP contribution is -2.20. The van der Waals surface area contributed by atoms with Crippen molar-refractivity contribution in [2.45, 2.75) is 12.1 Å². The lowest BCUT2D eigenvalue weighted by Gasteiger charge is -2.10. The van der Waals surface area contributed by atoms with Gasteiger partial charge in [-0.1, -0.05) is 30.0 Å². The van der Waals surface area contributed by atoms with Crippen molar-refractivity contribution in [3.05, 3.63) is 40.3 Å². The Morgan fingerprint density at radius 2 is 1.95 bits per heavy atom. The van der Waals surface area contributed by atoms with E-state index in [-0.39, 0.29) is 5.56 Å². The van der Waals surface area contributed by atoms with E-state index in [9.17, 15) is 4.79 Å². The fourth-order valence-corrected chi connectivity index (χ4v) is 2.83. The van der Waals surface area contributed by atoms with Crippen LogP contribution >= 0.6 is 11.8 Å². The van der Waals surface area contributed by atoms with E-state index in [2.05, 4.69) is 9.97 Å². The molecule has 0 aliphatic rings. The average Bonchev–Trinajstić information content (AvgIpc) is 2.42. The highest BCUT2D eigenvalue weighted by Crippen LogP contribution is 2.23. The summed E-state index contributed by atoms with van der Waals surface area (Å²) in [4.78, 5) is 21.7. The predicted molar refractivity (Wildman–Crippen MR) is 78.8 cm³/mol. The summed E-state index contributed by atoms with van der Waals surface area (Å²) < 4.78 is 1.60. The van der Waals surface area contributed by atoms with Crippen LogP contribution in [0.15, 0.2) is 34.2 Å². The number of aryl methyl sites for hydroxylation is 1. The highest BCUT2D eigenvalue weighted by atomic mass is 32.2. The van der Waals surface area contributed by atoms with E-state index in [1.54, 1.807) is 11.6 Å². The molecule has 0 spiro atoms. The smallest absolute Gasteiger partial charge is 0.262 e. The second-order valence-corrected chi connectivity index (χ2v) is 5.17. The minimum absolute atomic E-state index is 0.0175. The van der Waals surface area contributed by atoms with Crippen LogP contribution < -0.4 is 5.56 Å². The van der Waals surface area contributed by atoms with Crippen LogP contribution in [-0.4, -0.2) is 20.8 Å². The van der Waals surface area contributed by atoms with E-state index in [4.69, 9.17) is 0 Å². The second kappa shape index (κ2) is 4.35. The molecule has 5 heteroatoms. The average molecular weight is 271 g/mol. The molecule has 2 heterocycles. The number of nitrogens with zero attached hydrogens (tertiary/aromatic N) is 3. The molecule has 0 saturated heterocycles. The third kappa shape index (κ3) is 1.73. The summed E-state index contributed by atoms with van der Waals surface area (Å²) in [6, 6.07) is 7.69. The predicted octanol–water partition coefficient (Wildman–Crippen LogP) is 2.51. The molecule has 0 N–H and O–H groups in total. The van der Waals surface area contributed by atoms with Gasteiger partial charge in [0.25, 0.3) is 5.56 Å². The number of pyridine rings is 1. The molecule has 2 aromatic heterocycles. The lowest BCUT2D eigenvalue weighted by atomic mass is 10.1. The highest BCUT2D eigenvalue weighted by Gasteiger charge is 2.13. The Balaban J connectivity index is 2.65. The topological polar surface area (TPSA) is 47.8 Å². The van der Waals surface area contributed by atoms with Gasteiger partial charge in [-0.25, -0.2) is 4.98 Å². The molecule has 3 aromatic rings. The van der Waals surface area contributed by atoms with Gasteiger partial charge in [0.05, 0.1) is 16.6 Å². The largest absolute Gasteiger partial charge is 0.290 e. The minimum atomic E-state index is -0.0175. The first-order valence-electron chi connectivity index (χ1n) is 5.93. The minimum Gasteiger partial charge on any atom is -0.290 e. The van der Waals surface area contributed by atoms with E-state index >= 15 is 0 Å². The molecule has 0 amide bonds. The summed E-state index contributed by atoms with van der Waals surface area (Å²) in [5, 5.41) is 2.23. The Morgan fingerprint density at radius 1 is 1.21 bits per heavy atom. The van der Waals surface area contributed by atoms with Gasteiger partial charge in [-0.15, -0.1) is 0 Å². The van der Waals surface area contributed by atoms with Crippen molar-refractivity contribution >= 4 is 33.6 Å². The molecule has 0 radical (unpaired) electrons. The molecule has 0 aliphatic carbocycles. The normalized spacial score (nSPS) is 11.3. The number of fused-ring (bicyclic) bond motifs is 3. The molecule has 19 heavy (non-hydrogen) atoms. The number of thioether (sulfide) groups is 1. The van der Waals surface area contributed by atoms with Crippen molar-refractivity contribution in [3.63, 3.8) is 0 Å². The first-order valence-corrected chi connectivity index (χ1v) is 7.16. The van der Waals surface area contributed by atoms with E-state index in [0.29, 0.717) is 16.1 Å². The van der Waals surface area contributed by atoms with Gasteiger partial charge in [0, 0.05) is 12.4 Å². The Bertz CT molecular complexity index is 855. The maximum Gasteiger partial charge on any atom is 0.262 e. The van der Waals surface area contributed by atoms with Crippen LogP contribution in [0.25, 0.3) is 21.8 Å². The first-order chi connectivity index (χ1) is 9.13. The van der Waals surface area contributed by atoms with Gasteiger partial charge in [0.1, 0.15) is 5.52 Å². The van der Waals surface area contributed by atoms with Crippen molar-refractivity contribution in [2.24, 2.45) is 7.05 Å².